The van der Waals surface area contributed by atoms with Gasteiger partial charge in [0.25, 0.3) is 0 Å². The summed E-state index contributed by atoms with van der Waals surface area (Å²) in [6.07, 6.45) is 0.593. The maximum atomic E-state index is 13.9. The minimum atomic E-state index is -1.19. The van der Waals surface area contributed by atoms with Gasteiger partial charge in [-0.25, -0.2) is 9.18 Å². The van der Waals surface area contributed by atoms with E-state index in [0.717, 1.165) is 23.8 Å². The quantitative estimate of drug-likeness (QED) is 0.827. The third kappa shape index (κ3) is 3.46. The third-order valence-electron chi connectivity index (χ3n) is 4.43. The van der Waals surface area contributed by atoms with Crippen molar-refractivity contribution in [2.45, 2.75) is 12.3 Å². The van der Waals surface area contributed by atoms with Gasteiger partial charge in [0, 0.05) is 17.4 Å². The van der Waals surface area contributed by atoms with E-state index in [2.05, 4.69) is 5.32 Å². The van der Waals surface area contributed by atoms with Crippen molar-refractivity contribution in [2.75, 3.05) is 19.5 Å². The summed E-state index contributed by atoms with van der Waals surface area (Å²) in [4.78, 5) is 23.5. The molecule has 0 aliphatic heterocycles. The number of benzene rings is 2. The second-order valence-electron chi connectivity index (χ2n) is 6.05. The van der Waals surface area contributed by atoms with E-state index in [9.17, 15) is 14.0 Å². The van der Waals surface area contributed by atoms with Gasteiger partial charge in [-0.1, -0.05) is 0 Å². The monoisotopic (exact) mass is 359 g/mol. The van der Waals surface area contributed by atoms with Crippen molar-refractivity contribution in [3.8, 4) is 11.5 Å². The molecule has 2 atom stereocenters. The van der Waals surface area contributed by atoms with Gasteiger partial charge in [0.1, 0.15) is 17.3 Å². The first-order valence-electron chi connectivity index (χ1n) is 8.00. The molecule has 3 rings (SSSR count). The highest BCUT2D eigenvalue weighted by atomic mass is 19.1. The van der Waals surface area contributed by atoms with Gasteiger partial charge in [0.05, 0.1) is 25.5 Å². The summed E-state index contributed by atoms with van der Waals surface area (Å²) in [5.74, 6) is -1.32. The smallest absolute Gasteiger partial charge is 0.335 e. The van der Waals surface area contributed by atoms with Crippen molar-refractivity contribution >= 4 is 17.6 Å². The van der Waals surface area contributed by atoms with Gasteiger partial charge in [-0.2, -0.15) is 0 Å². The first kappa shape index (κ1) is 17.7. The van der Waals surface area contributed by atoms with Crippen LogP contribution in [0, 0.1) is 11.7 Å². The number of amides is 1. The van der Waals surface area contributed by atoms with E-state index < -0.39 is 11.8 Å². The summed E-state index contributed by atoms with van der Waals surface area (Å²) in [6, 6.07) is 8.65. The molecule has 2 N–H and O–H groups in total. The lowest BCUT2D eigenvalue weighted by Gasteiger charge is -2.11. The molecule has 0 saturated heterocycles. The highest BCUT2D eigenvalue weighted by molar-refractivity contribution is 5.97. The van der Waals surface area contributed by atoms with Crippen LogP contribution >= 0.6 is 0 Å². The molecule has 26 heavy (non-hydrogen) atoms. The van der Waals surface area contributed by atoms with E-state index in [1.807, 2.05) is 6.07 Å². The second-order valence-corrected chi connectivity index (χ2v) is 6.05. The third-order valence-corrected chi connectivity index (χ3v) is 4.43. The Balaban J connectivity index is 1.76. The Morgan fingerprint density at radius 2 is 1.92 bits per heavy atom. The molecular formula is C19H18FNO5. The second kappa shape index (κ2) is 7.03. The number of carboxylic acids is 1. The number of carbonyl (C=O) groups is 2. The fourth-order valence-electron chi connectivity index (χ4n) is 2.94. The summed E-state index contributed by atoms with van der Waals surface area (Å²) in [6.45, 7) is 0. The number of nitrogens with one attached hydrogen (secondary N) is 1. The average Bonchev–Trinajstić information content (AvgIpc) is 3.43. The molecule has 1 saturated carbocycles. The zero-order chi connectivity index (χ0) is 18.8. The van der Waals surface area contributed by atoms with Gasteiger partial charge >= 0.3 is 5.97 Å². The highest BCUT2D eigenvalue weighted by Gasteiger charge is 2.45. The van der Waals surface area contributed by atoms with E-state index in [1.165, 1.54) is 0 Å². The first-order chi connectivity index (χ1) is 12.4. The van der Waals surface area contributed by atoms with Crippen LogP contribution in [0.2, 0.25) is 0 Å². The predicted octanol–water partition coefficient (Wildman–Crippen LogP) is 3.28. The molecule has 1 aliphatic carbocycles. The Labute approximate surface area is 149 Å². The fraction of sp³-hybridized carbons (Fsp3) is 0.263. The van der Waals surface area contributed by atoms with Crippen LogP contribution < -0.4 is 14.8 Å². The van der Waals surface area contributed by atoms with E-state index in [4.69, 9.17) is 14.6 Å². The van der Waals surface area contributed by atoms with Gasteiger partial charge in [-0.3, -0.25) is 4.79 Å². The van der Waals surface area contributed by atoms with E-state index in [1.54, 1.807) is 26.4 Å². The standard InChI is InChI=1S/C19H18FNO5/c1-25-11-4-6-17(26-2)13(8-11)12-9-14(12)18(22)21-16-7-10(19(23)24)3-5-15(16)20/h3-8,12,14H,9H2,1-2H3,(H,21,22)(H,23,24). The number of halogens is 1. The Morgan fingerprint density at radius 1 is 1.15 bits per heavy atom. The van der Waals surface area contributed by atoms with Crippen molar-refractivity contribution in [3.05, 3.63) is 53.3 Å². The summed E-state index contributed by atoms with van der Waals surface area (Å²) >= 11 is 0. The molecule has 136 valence electrons. The van der Waals surface area contributed by atoms with Crippen LogP contribution in [0.3, 0.4) is 0 Å². The van der Waals surface area contributed by atoms with E-state index in [-0.39, 0.29) is 29.0 Å². The number of carboxylic acid groups (broad SMARTS) is 1. The lowest BCUT2D eigenvalue weighted by Crippen LogP contribution is -2.16. The SMILES string of the molecule is COc1ccc(OC)c(C2CC2C(=O)Nc2cc(C(=O)O)ccc2F)c1. The Kier molecular flexibility index (Phi) is 4.79. The number of hydrogen-bond acceptors (Lipinski definition) is 4. The summed E-state index contributed by atoms with van der Waals surface area (Å²) in [5.41, 5.74) is 0.619. The molecule has 1 fully saturated rings. The van der Waals surface area contributed by atoms with Crippen LogP contribution in [-0.4, -0.2) is 31.2 Å². The van der Waals surface area contributed by atoms with Crippen molar-refractivity contribution in [3.63, 3.8) is 0 Å². The molecule has 7 heteroatoms. The van der Waals surface area contributed by atoms with Gasteiger partial charge in [0.15, 0.2) is 0 Å². The maximum Gasteiger partial charge on any atom is 0.335 e. The number of methoxy groups -OCH3 is 2. The minimum absolute atomic E-state index is 0.0641. The van der Waals surface area contributed by atoms with Crippen LogP contribution in [0.25, 0.3) is 0 Å². The Bertz CT molecular complexity index is 867. The maximum absolute atomic E-state index is 13.9. The van der Waals surface area contributed by atoms with Crippen molar-refractivity contribution in [2.24, 2.45) is 5.92 Å². The van der Waals surface area contributed by atoms with Crippen molar-refractivity contribution in [1.82, 2.24) is 0 Å². The van der Waals surface area contributed by atoms with Crippen LogP contribution in [0.4, 0.5) is 10.1 Å². The first-order valence-corrected chi connectivity index (χ1v) is 8.00. The van der Waals surface area contributed by atoms with Gasteiger partial charge in [-0.05, 0) is 42.8 Å². The molecule has 0 spiro atoms. The average molecular weight is 359 g/mol. The highest BCUT2D eigenvalue weighted by Crippen LogP contribution is 2.51. The largest absolute Gasteiger partial charge is 0.497 e. The van der Waals surface area contributed by atoms with Crippen molar-refractivity contribution < 1.29 is 28.6 Å². The molecular weight excluding hydrogens is 341 g/mol. The molecule has 2 unspecified atom stereocenters. The number of rotatable bonds is 6. The normalized spacial score (nSPS) is 18.1. The molecule has 0 radical (unpaired) electrons. The summed E-state index contributed by atoms with van der Waals surface area (Å²) < 4.78 is 24.4. The van der Waals surface area contributed by atoms with Crippen LogP contribution in [0.5, 0.6) is 11.5 Å². The molecule has 1 aliphatic rings. The Morgan fingerprint density at radius 3 is 2.58 bits per heavy atom. The Hall–Kier alpha value is -3.09. The summed E-state index contributed by atoms with van der Waals surface area (Å²) in [5, 5.41) is 11.5. The van der Waals surface area contributed by atoms with Gasteiger partial charge in [0.2, 0.25) is 5.91 Å². The van der Waals surface area contributed by atoms with Crippen LogP contribution in [0.15, 0.2) is 36.4 Å². The molecule has 0 aromatic heterocycles. The molecule has 1 amide bonds. The number of hydrogen-bond donors (Lipinski definition) is 2. The lowest BCUT2D eigenvalue weighted by molar-refractivity contribution is -0.117. The topological polar surface area (TPSA) is 84.9 Å². The molecule has 0 heterocycles. The fourth-order valence-corrected chi connectivity index (χ4v) is 2.94. The van der Waals surface area contributed by atoms with Crippen LogP contribution in [-0.2, 0) is 4.79 Å². The van der Waals surface area contributed by atoms with Gasteiger partial charge in [-0.15, -0.1) is 0 Å². The summed E-state index contributed by atoms with van der Waals surface area (Å²) in [7, 11) is 3.11. The predicted molar refractivity (Wildman–Crippen MR) is 92.4 cm³/mol. The number of ether oxygens (including phenoxy) is 2. The zero-order valence-corrected chi connectivity index (χ0v) is 14.3. The number of anilines is 1. The minimum Gasteiger partial charge on any atom is -0.497 e. The number of aromatic carboxylic acids is 1. The van der Waals surface area contributed by atoms with Gasteiger partial charge < -0.3 is 19.9 Å². The molecule has 2 aromatic rings. The van der Waals surface area contributed by atoms with Crippen molar-refractivity contribution in [1.29, 1.82) is 0 Å². The number of carbonyl (C=O) groups excluding carboxylic acids is 1. The van der Waals surface area contributed by atoms with E-state index in [0.29, 0.717) is 17.9 Å². The van der Waals surface area contributed by atoms with Crippen LogP contribution in [0.1, 0.15) is 28.3 Å². The molecule has 6 nitrogen and oxygen atoms in total. The molecule has 2 aromatic carbocycles. The molecule has 0 bridgehead atoms. The lowest BCUT2D eigenvalue weighted by atomic mass is 10.1. The van der Waals surface area contributed by atoms with E-state index >= 15 is 0 Å². The zero-order valence-electron chi connectivity index (χ0n) is 14.3.